The molecule has 0 bridgehead atoms. The van der Waals surface area contributed by atoms with Gasteiger partial charge in [-0.3, -0.25) is 4.79 Å². The van der Waals surface area contributed by atoms with E-state index in [1.165, 1.54) is 6.07 Å². The van der Waals surface area contributed by atoms with Crippen molar-refractivity contribution in [1.29, 1.82) is 0 Å². The Bertz CT molecular complexity index is 1520. The Morgan fingerprint density at radius 1 is 0.879 bits per heavy atom. The molecule has 0 radical (unpaired) electrons. The van der Waals surface area contributed by atoms with Crippen molar-refractivity contribution in [3.8, 4) is 0 Å². The van der Waals surface area contributed by atoms with E-state index < -0.39 is 15.9 Å². The topological polar surface area (TPSA) is 101 Å². The van der Waals surface area contributed by atoms with Gasteiger partial charge in [0.1, 0.15) is 11.1 Å². The molecular weight excluding hydrogens is 438 g/mol. The second kappa shape index (κ2) is 8.91. The molecule has 4 rings (SSSR count). The minimum absolute atomic E-state index is 0.0702. The highest BCUT2D eigenvalue weighted by molar-refractivity contribution is 7.89. The summed E-state index contributed by atoms with van der Waals surface area (Å²) in [5.74, 6) is -0.475. The summed E-state index contributed by atoms with van der Waals surface area (Å²) in [4.78, 5) is 15.3. The molecule has 1 aromatic heterocycles. The molecular formula is C25H23N3O4S. The summed E-state index contributed by atoms with van der Waals surface area (Å²) >= 11 is 0. The van der Waals surface area contributed by atoms with E-state index in [1.807, 2.05) is 39.0 Å². The van der Waals surface area contributed by atoms with Gasteiger partial charge < -0.3 is 9.73 Å². The van der Waals surface area contributed by atoms with Crippen molar-refractivity contribution < 1.29 is 17.6 Å². The molecule has 168 valence electrons. The number of sulfonamides is 1. The molecule has 1 amide bonds. The lowest BCUT2D eigenvalue weighted by atomic mass is 10.1. The van der Waals surface area contributed by atoms with Crippen LogP contribution in [0.2, 0.25) is 0 Å². The number of benzene rings is 3. The average molecular weight is 462 g/mol. The number of aryl methyl sites for hydroxylation is 3. The third kappa shape index (κ3) is 4.96. The summed E-state index contributed by atoms with van der Waals surface area (Å²) in [7, 11) is -3.97. The van der Waals surface area contributed by atoms with E-state index in [0.717, 1.165) is 16.7 Å². The summed E-state index contributed by atoms with van der Waals surface area (Å²) in [5, 5.41) is 7.45. The Kier molecular flexibility index (Phi) is 6.02. The Morgan fingerprint density at radius 2 is 1.61 bits per heavy atom. The first-order valence-electron chi connectivity index (χ1n) is 10.3. The highest BCUT2D eigenvalue weighted by Crippen LogP contribution is 2.16. The quantitative estimate of drug-likeness (QED) is 0.430. The molecule has 0 unspecified atom stereocenters. The number of fused-ring (bicyclic) bond motifs is 1. The maximum atomic E-state index is 13.0. The molecule has 7 nitrogen and oxygen atoms in total. The molecule has 0 fully saturated rings. The summed E-state index contributed by atoms with van der Waals surface area (Å²) in [6.45, 7) is 5.68. The zero-order valence-electron chi connectivity index (χ0n) is 18.4. The van der Waals surface area contributed by atoms with E-state index in [9.17, 15) is 13.2 Å². The Balaban J connectivity index is 1.75. The van der Waals surface area contributed by atoms with E-state index in [4.69, 9.17) is 4.42 Å². The average Bonchev–Trinajstić information content (AvgIpc) is 2.80. The first-order chi connectivity index (χ1) is 15.7. The summed E-state index contributed by atoms with van der Waals surface area (Å²) in [5.41, 5.74) is 3.89. The van der Waals surface area contributed by atoms with Gasteiger partial charge >= 0.3 is 0 Å². The summed E-state index contributed by atoms with van der Waals surface area (Å²) < 4.78 is 31.4. The number of nitrogens with zero attached hydrogens (tertiary/aromatic N) is 1. The predicted octanol–water partition coefficient (Wildman–Crippen LogP) is 4.40. The van der Waals surface area contributed by atoms with Gasteiger partial charge in [0, 0.05) is 11.1 Å². The minimum Gasteiger partial charge on any atom is -0.436 e. The van der Waals surface area contributed by atoms with Crippen molar-refractivity contribution in [3.63, 3.8) is 0 Å². The third-order valence-electron chi connectivity index (χ3n) is 5.27. The Hall–Kier alpha value is -3.91. The molecule has 3 aromatic carbocycles. The molecule has 8 heteroatoms. The van der Waals surface area contributed by atoms with Crippen molar-refractivity contribution in [2.45, 2.75) is 25.7 Å². The molecule has 0 atom stereocenters. The number of hydrogen-bond donors (Lipinski definition) is 2. The number of para-hydroxylation sites is 1. The maximum Gasteiger partial charge on any atom is 0.276 e. The molecule has 0 aliphatic rings. The van der Waals surface area contributed by atoms with Crippen molar-refractivity contribution in [1.82, 2.24) is 4.83 Å². The lowest BCUT2D eigenvalue weighted by molar-refractivity contribution is 0.102. The molecule has 1 heterocycles. The van der Waals surface area contributed by atoms with Gasteiger partial charge in [0.2, 0.25) is 5.55 Å². The smallest absolute Gasteiger partial charge is 0.276 e. The number of carbonyl (C=O) groups is 1. The fourth-order valence-corrected chi connectivity index (χ4v) is 4.07. The molecule has 0 saturated heterocycles. The fourth-order valence-electron chi connectivity index (χ4n) is 3.19. The predicted molar refractivity (Wildman–Crippen MR) is 127 cm³/mol. The maximum absolute atomic E-state index is 13.0. The SMILES string of the molecule is Cc1ccc(NC(=O)c2cc3ccccc3oc2=NNS(=O)(=O)c2ccc(C)c(C)c2)cc1. The number of rotatable bonds is 5. The van der Waals surface area contributed by atoms with Crippen LogP contribution in [0, 0.1) is 20.8 Å². The van der Waals surface area contributed by atoms with Crippen molar-refractivity contribution in [3.05, 3.63) is 101 Å². The normalized spacial score (nSPS) is 12.0. The molecule has 0 aliphatic carbocycles. The number of amides is 1. The van der Waals surface area contributed by atoms with Crippen LogP contribution in [-0.2, 0) is 10.0 Å². The standard InChI is InChI=1S/C25H23N3O4S/c1-16-8-11-20(12-9-16)26-24(29)22-15-19-6-4-5-7-23(19)32-25(22)27-28-33(30,31)21-13-10-17(2)18(3)14-21/h4-15,28H,1-3H3,(H,26,29). The Labute approximate surface area is 191 Å². The van der Waals surface area contributed by atoms with E-state index in [2.05, 4.69) is 15.2 Å². The summed E-state index contributed by atoms with van der Waals surface area (Å²) in [6, 6.07) is 20.8. The van der Waals surface area contributed by atoms with E-state index in [-0.39, 0.29) is 16.0 Å². The van der Waals surface area contributed by atoms with Crippen molar-refractivity contribution in [2.75, 3.05) is 5.32 Å². The van der Waals surface area contributed by atoms with Gasteiger partial charge in [-0.2, -0.15) is 13.2 Å². The first-order valence-corrected chi connectivity index (χ1v) is 11.7. The van der Waals surface area contributed by atoms with Crippen molar-refractivity contribution in [2.24, 2.45) is 5.10 Å². The van der Waals surface area contributed by atoms with E-state index >= 15 is 0 Å². The number of carbonyl (C=O) groups excluding carboxylic acids is 1. The van der Waals surface area contributed by atoms with Crippen LogP contribution in [-0.4, -0.2) is 14.3 Å². The molecule has 2 N–H and O–H groups in total. The van der Waals surface area contributed by atoms with Crippen LogP contribution in [0.15, 0.2) is 87.2 Å². The van der Waals surface area contributed by atoms with Gasteiger partial charge in [-0.15, -0.1) is 5.10 Å². The van der Waals surface area contributed by atoms with E-state index in [1.54, 1.807) is 48.5 Å². The second-order valence-electron chi connectivity index (χ2n) is 7.78. The Morgan fingerprint density at radius 3 is 2.33 bits per heavy atom. The van der Waals surface area contributed by atoms with Crippen LogP contribution in [0.1, 0.15) is 27.0 Å². The van der Waals surface area contributed by atoms with Gasteiger partial charge in [-0.25, -0.2) is 0 Å². The number of anilines is 1. The lowest BCUT2D eigenvalue weighted by Gasteiger charge is -2.08. The third-order valence-corrected chi connectivity index (χ3v) is 6.47. The zero-order valence-corrected chi connectivity index (χ0v) is 19.2. The van der Waals surface area contributed by atoms with Crippen molar-refractivity contribution >= 4 is 32.6 Å². The number of nitrogens with one attached hydrogen (secondary N) is 2. The van der Waals surface area contributed by atoms with Crippen LogP contribution >= 0.6 is 0 Å². The fraction of sp³-hybridized carbons (Fsp3) is 0.120. The van der Waals surface area contributed by atoms with Gasteiger partial charge in [-0.05, 0) is 68.3 Å². The molecule has 33 heavy (non-hydrogen) atoms. The largest absolute Gasteiger partial charge is 0.436 e. The zero-order chi connectivity index (χ0) is 23.6. The van der Waals surface area contributed by atoms with E-state index in [0.29, 0.717) is 16.7 Å². The lowest BCUT2D eigenvalue weighted by Crippen LogP contribution is -2.27. The van der Waals surface area contributed by atoms with Gasteiger partial charge in [0.15, 0.2) is 0 Å². The molecule has 0 saturated carbocycles. The first kappa shape index (κ1) is 22.3. The second-order valence-corrected chi connectivity index (χ2v) is 9.44. The van der Waals surface area contributed by atoms with Gasteiger partial charge in [-0.1, -0.05) is 42.0 Å². The van der Waals surface area contributed by atoms with Gasteiger partial charge in [0.05, 0.1) is 4.90 Å². The highest BCUT2D eigenvalue weighted by Gasteiger charge is 2.17. The number of hydrogen-bond acceptors (Lipinski definition) is 5. The minimum atomic E-state index is -3.97. The van der Waals surface area contributed by atoms with Crippen LogP contribution in [0.25, 0.3) is 11.0 Å². The van der Waals surface area contributed by atoms with Crippen LogP contribution in [0.4, 0.5) is 5.69 Å². The van der Waals surface area contributed by atoms with Crippen LogP contribution in [0.3, 0.4) is 0 Å². The van der Waals surface area contributed by atoms with Gasteiger partial charge in [0.25, 0.3) is 15.9 Å². The molecule has 0 spiro atoms. The summed E-state index contributed by atoms with van der Waals surface area (Å²) in [6.07, 6.45) is 0. The molecule has 4 aromatic rings. The highest BCUT2D eigenvalue weighted by atomic mass is 32.2. The van der Waals surface area contributed by atoms with Crippen LogP contribution < -0.4 is 15.7 Å². The molecule has 0 aliphatic heterocycles. The van der Waals surface area contributed by atoms with Crippen LogP contribution in [0.5, 0.6) is 0 Å². The monoisotopic (exact) mass is 461 g/mol.